The third-order valence-electron chi connectivity index (χ3n) is 3.18. The Kier molecular flexibility index (Phi) is 6.29. The third kappa shape index (κ3) is 4.21. The quantitative estimate of drug-likeness (QED) is 0.819. The van der Waals surface area contributed by atoms with Gasteiger partial charge in [-0.2, -0.15) is 0 Å². The summed E-state index contributed by atoms with van der Waals surface area (Å²) in [4.78, 5) is 18.5. The Hall–Kier alpha value is -1.62. The lowest BCUT2D eigenvalue weighted by Gasteiger charge is -2.28. The van der Waals surface area contributed by atoms with Crippen LogP contribution in [0.2, 0.25) is 0 Å². The van der Waals surface area contributed by atoms with Gasteiger partial charge in [-0.15, -0.1) is 0 Å². The van der Waals surface area contributed by atoms with Gasteiger partial charge in [-0.3, -0.25) is 4.79 Å². The summed E-state index contributed by atoms with van der Waals surface area (Å²) in [5, 5.41) is 2.94. The van der Waals surface area contributed by atoms with Crippen LogP contribution in [0.4, 0.5) is 5.82 Å². The summed E-state index contributed by atoms with van der Waals surface area (Å²) in [6.45, 7) is 5.26. The minimum Gasteiger partial charge on any atom is -0.383 e. The highest BCUT2D eigenvalue weighted by Gasteiger charge is 2.20. The summed E-state index contributed by atoms with van der Waals surface area (Å²) < 4.78 is 5.08. The molecule has 1 aromatic rings. The second-order valence-corrected chi connectivity index (χ2v) is 4.43. The number of aromatic nitrogens is 1. The minimum absolute atomic E-state index is 0.0188. The van der Waals surface area contributed by atoms with Gasteiger partial charge in [-0.25, -0.2) is 4.98 Å². The average Bonchev–Trinajstić information content (AvgIpc) is 2.47. The van der Waals surface area contributed by atoms with Crippen molar-refractivity contribution in [2.75, 3.05) is 32.6 Å². The van der Waals surface area contributed by atoms with E-state index in [-0.39, 0.29) is 11.9 Å². The summed E-state index contributed by atoms with van der Waals surface area (Å²) in [6.07, 6.45) is 2.56. The lowest BCUT2D eigenvalue weighted by molar-refractivity contribution is 0.0614. The first kappa shape index (κ1) is 15.4. The van der Waals surface area contributed by atoms with Gasteiger partial charge in [0.15, 0.2) is 0 Å². The van der Waals surface area contributed by atoms with Crippen LogP contribution in [0.1, 0.15) is 30.6 Å². The van der Waals surface area contributed by atoms with Crippen LogP contribution in [0.15, 0.2) is 18.3 Å². The molecule has 0 saturated heterocycles. The van der Waals surface area contributed by atoms with Gasteiger partial charge >= 0.3 is 0 Å². The molecule has 19 heavy (non-hydrogen) atoms. The van der Waals surface area contributed by atoms with Crippen molar-refractivity contribution in [3.63, 3.8) is 0 Å². The van der Waals surface area contributed by atoms with Gasteiger partial charge in [-0.05, 0) is 25.5 Å². The molecule has 0 bridgehead atoms. The Morgan fingerprint density at radius 3 is 2.89 bits per heavy atom. The fraction of sp³-hybridized carbons (Fsp3) is 0.571. The number of hydrogen-bond acceptors (Lipinski definition) is 4. The molecule has 0 aromatic carbocycles. The zero-order valence-corrected chi connectivity index (χ0v) is 12.1. The first-order chi connectivity index (χ1) is 9.13. The maximum absolute atomic E-state index is 12.5. The molecule has 0 spiro atoms. The van der Waals surface area contributed by atoms with E-state index < -0.39 is 0 Å². The summed E-state index contributed by atoms with van der Waals surface area (Å²) in [6, 6.07) is 3.70. The normalized spacial score (nSPS) is 12.0. The summed E-state index contributed by atoms with van der Waals surface area (Å²) in [5.41, 5.74) is 0.649. The number of carbonyl (C=O) groups is 1. The highest BCUT2D eigenvalue weighted by molar-refractivity contribution is 5.95. The maximum Gasteiger partial charge on any atom is 0.254 e. The highest BCUT2D eigenvalue weighted by atomic mass is 16.5. The molecule has 1 unspecified atom stereocenters. The molecule has 1 rings (SSSR count). The molecule has 1 aromatic heterocycles. The fourth-order valence-electron chi connectivity index (χ4n) is 1.80. The molecule has 5 heteroatoms. The molecule has 0 aliphatic heterocycles. The number of ether oxygens (including phenoxy) is 1. The second-order valence-electron chi connectivity index (χ2n) is 4.43. The topological polar surface area (TPSA) is 54.5 Å². The first-order valence-corrected chi connectivity index (χ1v) is 6.57. The molecule has 5 nitrogen and oxygen atoms in total. The number of anilines is 1. The van der Waals surface area contributed by atoms with Crippen molar-refractivity contribution in [2.24, 2.45) is 0 Å². The third-order valence-corrected chi connectivity index (χ3v) is 3.18. The number of rotatable bonds is 7. The Balaban J connectivity index is 2.90. The molecule has 0 radical (unpaired) electrons. The van der Waals surface area contributed by atoms with Crippen molar-refractivity contribution in [1.82, 2.24) is 9.88 Å². The number of nitrogens with zero attached hydrogens (tertiary/aromatic N) is 2. The van der Waals surface area contributed by atoms with E-state index in [1.165, 1.54) is 0 Å². The van der Waals surface area contributed by atoms with Crippen molar-refractivity contribution in [3.05, 3.63) is 23.9 Å². The number of carbonyl (C=O) groups excluding carboxylic acids is 1. The van der Waals surface area contributed by atoms with Crippen molar-refractivity contribution in [2.45, 2.75) is 26.3 Å². The maximum atomic E-state index is 12.5. The van der Waals surface area contributed by atoms with Crippen molar-refractivity contribution >= 4 is 11.7 Å². The molecule has 1 amide bonds. The molecule has 0 aliphatic carbocycles. The van der Waals surface area contributed by atoms with E-state index in [1.54, 1.807) is 32.5 Å². The average molecular weight is 265 g/mol. The largest absolute Gasteiger partial charge is 0.383 e. The van der Waals surface area contributed by atoms with Gasteiger partial charge in [-0.1, -0.05) is 6.92 Å². The van der Waals surface area contributed by atoms with E-state index in [1.807, 2.05) is 11.8 Å². The van der Waals surface area contributed by atoms with Crippen LogP contribution in [0, 0.1) is 0 Å². The second kappa shape index (κ2) is 7.74. The standard InChI is InChI=1S/C14H23N3O2/c1-5-11(2)17(8-9-19-4)14(18)12-6-7-16-13(10-12)15-3/h6-7,10-11H,5,8-9H2,1-4H3,(H,15,16). The minimum atomic E-state index is 0.0188. The Labute approximate surface area is 115 Å². The molecular weight excluding hydrogens is 242 g/mol. The SMILES string of the molecule is CCC(C)N(CCOC)C(=O)c1ccnc(NC)c1. The molecule has 1 atom stereocenters. The fourth-order valence-corrected chi connectivity index (χ4v) is 1.80. The lowest BCUT2D eigenvalue weighted by Crippen LogP contribution is -2.40. The molecule has 0 saturated carbocycles. The van der Waals surface area contributed by atoms with Crippen LogP contribution in [-0.4, -0.2) is 49.1 Å². The van der Waals surface area contributed by atoms with Crippen LogP contribution in [0.5, 0.6) is 0 Å². The van der Waals surface area contributed by atoms with Gasteiger partial charge in [0.25, 0.3) is 5.91 Å². The predicted octanol–water partition coefficient (Wildman–Crippen LogP) is 2.01. The smallest absolute Gasteiger partial charge is 0.254 e. The molecule has 0 aliphatic rings. The van der Waals surface area contributed by atoms with Gasteiger partial charge in [0.1, 0.15) is 5.82 Å². The van der Waals surface area contributed by atoms with E-state index in [2.05, 4.69) is 17.2 Å². The highest BCUT2D eigenvalue weighted by Crippen LogP contribution is 2.13. The predicted molar refractivity (Wildman–Crippen MR) is 76.4 cm³/mol. The van der Waals surface area contributed by atoms with E-state index in [4.69, 9.17) is 4.74 Å². The van der Waals surface area contributed by atoms with Crippen LogP contribution >= 0.6 is 0 Å². The summed E-state index contributed by atoms with van der Waals surface area (Å²) >= 11 is 0. The molecule has 0 fully saturated rings. The summed E-state index contributed by atoms with van der Waals surface area (Å²) in [5.74, 6) is 0.715. The number of pyridine rings is 1. The van der Waals surface area contributed by atoms with Crippen molar-refractivity contribution < 1.29 is 9.53 Å². The van der Waals surface area contributed by atoms with Crippen molar-refractivity contribution in [1.29, 1.82) is 0 Å². The van der Waals surface area contributed by atoms with Gasteiger partial charge in [0, 0.05) is 38.5 Å². The Morgan fingerprint density at radius 2 is 2.32 bits per heavy atom. The van der Waals surface area contributed by atoms with Crippen LogP contribution in [0.25, 0.3) is 0 Å². The Bertz CT molecular complexity index is 409. The number of amides is 1. The molecule has 1 heterocycles. The number of methoxy groups -OCH3 is 1. The monoisotopic (exact) mass is 265 g/mol. The van der Waals surface area contributed by atoms with Gasteiger partial charge in [0.05, 0.1) is 6.61 Å². The van der Waals surface area contributed by atoms with Gasteiger partial charge in [0.2, 0.25) is 0 Å². The van der Waals surface area contributed by atoms with Gasteiger partial charge < -0.3 is 15.0 Å². The van der Waals surface area contributed by atoms with Crippen LogP contribution < -0.4 is 5.32 Å². The number of nitrogens with one attached hydrogen (secondary N) is 1. The van der Waals surface area contributed by atoms with Crippen LogP contribution in [0.3, 0.4) is 0 Å². The molecular formula is C14H23N3O2. The zero-order chi connectivity index (χ0) is 14.3. The van der Waals surface area contributed by atoms with E-state index in [0.717, 1.165) is 6.42 Å². The first-order valence-electron chi connectivity index (χ1n) is 6.57. The van der Waals surface area contributed by atoms with Crippen molar-refractivity contribution in [3.8, 4) is 0 Å². The molecule has 1 N–H and O–H groups in total. The van der Waals surface area contributed by atoms with E-state index >= 15 is 0 Å². The Morgan fingerprint density at radius 1 is 1.58 bits per heavy atom. The number of hydrogen-bond donors (Lipinski definition) is 1. The summed E-state index contributed by atoms with van der Waals surface area (Å²) in [7, 11) is 3.43. The zero-order valence-electron chi connectivity index (χ0n) is 12.1. The van der Waals surface area contributed by atoms with E-state index in [9.17, 15) is 4.79 Å². The molecule has 106 valence electrons. The van der Waals surface area contributed by atoms with Crippen LogP contribution in [-0.2, 0) is 4.74 Å². The van der Waals surface area contributed by atoms with E-state index in [0.29, 0.717) is 24.5 Å². The lowest BCUT2D eigenvalue weighted by atomic mass is 10.1.